The molecule has 7 rings (SSSR count). The molecule has 0 aromatic heterocycles. The van der Waals surface area contributed by atoms with Crippen molar-refractivity contribution >= 4 is 34.1 Å². The molecule has 0 radical (unpaired) electrons. The van der Waals surface area contributed by atoms with E-state index in [0.29, 0.717) is 23.9 Å². The van der Waals surface area contributed by atoms with Gasteiger partial charge in [0.1, 0.15) is 12.6 Å². The Balaban J connectivity index is 1.26. The van der Waals surface area contributed by atoms with E-state index in [-0.39, 0.29) is 40.3 Å². The highest BCUT2D eigenvalue weighted by Gasteiger charge is 2.71. The summed E-state index contributed by atoms with van der Waals surface area (Å²) in [6.45, 7) is 24.0. The summed E-state index contributed by atoms with van der Waals surface area (Å²) >= 11 is 0. The molecule has 5 fully saturated rings. The minimum absolute atomic E-state index is 0.0510. The van der Waals surface area contributed by atoms with E-state index in [0.717, 1.165) is 76.3 Å². The highest BCUT2D eigenvalue weighted by molar-refractivity contribution is 6.74. The van der Waals surface area contributed by atoms with E-state index in [1.807, 2.05) is 40.1 Å². The molecule has 8 heteroatoms. The molecule has 1 saturated heterocycles. The van der Waals surface area contributed by atoms with Gasteiger partial charge >= 0.3 is 0 Å². The third-order valence-corrected chi connectivity index (χ3v) is 21.4. The SMILES string of the molecule is CC(C)(C)[Si](C)(C)O[C@H]1CC[C@@]2(C)C(=CC[C@@H]3[C@@H]2CC[C@@]2(C)[C@H]3CC[C@]2(O[Si](C)(C)C)[C@H]2C(=O)N(C3CCCCC3)CC(=O)N2c2ccccc2)C1. The van der Waals surface area contributed by atoms with E-state index in [4.69, 9.17) is 8.85 Å². The van der Waals surface area contributed by atoms with Crippen LogP contribution in [0, 0.1) is 28.6 Å². The third kappa shape index (κ3) is 6.35. The zero-order valence-electron chi connectivity index (χ0n) is 34.4. The minimum Gasteiger partial charge on any atom is -0.414 e. The molecule has 8 atom stereocenters. The van der Waals surface area contributed by atoms with Gasteiger partial charge in [0.15, 0.2) is 16.6 Å². The number of nitrogens with zero attached hydrogens (tertiary/aromatic N) is 2. The number of para-hydroxylation sites is 1. The Morgan fingerprint density at radius 3 is 2.15 bits per heavy atom. The van der Waals surface area contributed by atoms with Crippen LogP contribution in [-0.4, -0.2) is 63.7 Å². The first-order chi connectivity index (χ1) is 24.3. The molecular weight excluding hydrogens is 677 g/mol. The van der Waals surface area contributed by atoms with Crippen molar-refractivity contribution in [3.63, 3.8) is 0 Å². The lowest BCUT2D eigenvalue weighted by Crippen LogP contribution is -2.74. The molecule has 0 N–H and O–H groups in total. The summed E-state index contributed by atoms with van der Waals surface area (Å²) < 4.78 is 14.7. The van der Waals surface area contributed by atoms with Crippen molar-refractivity contribution in [3.05, 3.63) is 42.0 Å². The maximum absolute atomic E-state index is 15.4. The fourth-order valence-corrected chi connectivity index (χ4v) is 15.2. The van der Waals surface area contributed by atoms with Crippen molar-refractivity contribution in [2.45, 2.75) is 180 Å². The predicted octanol–water partition coefficient (Wildman–Crippen LogP) is 10.5. The van der Waals surface area contributed by atoms with Gasteiger partial charge in [0.05, 0.1) is 5.60 Å². The van der Waals surface area contributed by atoms with E-state index < -0.39 is 28.3 Å². The second kappa shape index (κ2) is 13.5. The van der Waals surface area contributed by atoms with Gasteiger partial charge in [0.2, 0.25) is 11.8 Å². The molecule has 1 aliphatic heterocycles. The summed E-state index contributed by atoms with van der Waals surface area (Å²) in [5.41, 5.74) is 1.74. The van der Waals surface area contributed by atoms with Crippen molar-refractivity contribution in [1.82, 2.24) is 4.90 Å². The van der Waals surface area contributed by atoms with Gasteiger partial charge in [-0.1, -0.05) is 83.7 Å². The van der Waals surface area contributed by atoms with Crippen molar-refractivity contribution in [2.75, 3.05) is 11.4 Å². The summed E-state index contributed by atoms with van der Waals surface area (Å²) in [7, 11) is -4.05. The average Bonchev–Trinajstić information content (AvgIpc) is 3.36. The molecule has 0 bridgehead atoms. The number of piperazine rings is 1. The van der Waals surface area contributed by atoms with Gasteiger partial charge < -0.3 is 13.8 Å². The van der Waals surface area contributed by atoms with E-state index >= 15 is 4.79 Å². The first kappa shape index (κ1) is 38.5. The maximum atomic E-state index is 15.4. The number of carbonyl (C=O) groups excluding carboxylic acids is 2. The highest BCUT2D eigenvalue weighted by atomic mass is 28.4. The second-order valence-electron chi connectivity index (χ2n) is 20.9. The lowest BCUT2D eigenvalue weighted by molar-refractivity contribution is -0.165. The van der Waals surface area contributed by atoms with Gasteiger partial charge in [-0.05, 0) is 137 Å². The first-order valence-electron chi connectivity index (χ1n) is 21.1. The van der Waals surface area contributed by atoms with Crippen LogP contribution < -0.4 is 4.90 Å². The monoisotopic (exact) mass is 746 g/mol. The normalized spacial score (nSPS) is 37.7. The number of allylic oxidation sites excluding steroid dienone is 1. The van der Waals surface area contributed by atoms with Crippen LogP contribution in [0.25, 0.3) is 0 Å². The molecule has 1 aromatic carbocycles. The van der Waals surface area contributed by atoms with Crippen LogP contribution >= 0.6 is 0 Å². The lowest BCUT2D eigenvalue weighted by Gasteiger charge is -2.62. The number of rotatable bonds is 7. The summed E-state index contributed by atoms with van der Waals surface area (Å²) in [6.07, 6.45) is 17.1. The third-order valence-electron chi connectivity index (χ3n) is 15.8. The Morgan fingerprint density at radius 1 is 0.827 bits per heavy atom. The van der Waals surface area contributed by atoms with Gasteiger partial charge in [-0.15, -0.1) is 0 Å². The molecule has 6 aliphatic rings. The van der Waals surface area contributed by atoms with E-state index in [2.05, 4.69) is 73.4 Å². The lowest BCUT2D eigenvalue weighted by atomic mass is 9.46. The standard InChI is InChI=1S/C44H70N2O4Si2/c1-41(2,3)52(9,10)49-34-23-26-42(4)31(29-34)21-22-35-36(42)24-27-43(5)37(35)25-28-44(43,50-51(6,7)8)39-40(48)45(32-17-13-11-14-18-32)30-38(47)46(39)33-19-15-12-16-20-33/h12,15-16,19-21,32,34-37,39H,11,13-14,17-18,22-30H2,1-10H3/t34-,35+,36-,37-,39+,42-,43-,44-/m0/s1. The molecule has 1 aromatic rings. The predicted molar refractivity (Wildman–Crippen MR) is 217 cm³/mol. The zero-order valence-corrected chi connectivity index (χ0v) is 36.4. The molecule has 2 amide bonds. The van der Waals surface area contributed by atoms with Gasteiger partial charge in [-0.3, -0.25) is 14.5 Å². The van der Waals surface area contributed by atoms with Gasteiger partial charge in [0.25, 0.3) is 0 Å². The molecule has 5 aliphatic carbocycles. The van der Waals surface area contributed by atoms with Crippen LogP contribution in [0.3, 0.4) is 0 Å². The summed E-state index contributed by atoms with van der Waals surface area (Å²) in [5, 5.41) is 0.217. The number of anilines is 1. The molecule has 52 heavy (non-hydrogen) atoms. The largest absolute Gasteiger partial charge is 0.414 e. The molecule has 6 nitrogen and oxygen atoms in total. The maximum Gasteiger partial charge on any atom is 0.249 e. The fourth-order valence-electron chi connectivity index (χ4n) is 12.3. The zero-order chi connectivity index (χ0) is 37.5. The topological polar surface area (TPSA) is 59.1 Å². The van der Waals surface area contributed by atoms with Gasteiger partial charge in [-0.2, -0.15) is 0 Å². The number of fused-ring (bicyclic) bond motifs is 5. The number of benzene rings is 1. The van der Waals surface area contributed by atoms with Gasteiger partial charge in [0, 0.05) is 23.2 Å². The van der Waals surface area contributed by atoms with Crippen LogP contribution in [0.4, 0.5) is 5.69 Å². The van der Waals surface area contributed by atoms with Crippen molar-refractivity contribution in [2.24, 2.45) is 28.6 Å². The number of hydrogen-bond donors (Lipinski definition) is 0. The smallest absolute Gasteiger partial charge is 0.249 e. The number of carbonyl (C=O) groups is 2. The molecule has 0 unspecified atom stereocenters. The van der Waals surface area contributed by atoms with Crippen LogP contribution in [0.2, 0.25) is 37.8 Å². The Morgan fingerprint density at radius 2 is 1.50 bits per heavy atom. The van der Waals surface area contributed by atoms with Crippen LogP contribution in [-0.2, 0) is 18.4 Å². The van der Waals surface area contributed by atoms with Crippen molar-refractivity contribution in [3.8, 4) is 0 Å². The van der Waals surface area contributed by atoms with Crippen molar-refractivity contribution in [1.29, 1.82) is 0 Å². The summed E-state index contributed by atoms with van der Waals surface area (Å²) in [4.78, 5) is 34.0. The van der Waals surface area contributed by atoms with E-state index in [9.17, 15) is 4.79 Å². The van der Waals surface area contributed by atoms with Crippen LogP contribution in [0.5, 0.6) is 0 Å². The minimum atomic E-state index is -2.20. The van der Waals surface area contributed by atoms with Crippen molar-refractivity contribution < 1.29 is 18.4 Å². The number of amides is 2. The van der Waals surface area contributed by atoms with Crippen LogP contribution in [0.1, 0.15) is 118 Å². The summed E-state index contributed by atoms with van der Waals surface area (Å²) in [6, 6.07) is 9.57. The fraction of sp³-hybridized carbons (Fsp3) is 0.773. The quantitative estimate of drug-likeness (QED) is 0.206. The molecule has 4 saturated carbocycles. The average molecular weight is 747 g/mol. The molecule has 1 heterocycles. The number of hydrogen-bond acceptors (Lipinski definition) is 4. The van der Waals surface area contributed by atoms with E-state index in [1.165, 1.54) is 12.8 Å². The Bertz CT molecular complexity index is 1540. The van der Waals surface area contributed by atoms with E-state index in [1.54, 1.807) is 5.57 Å². The van der Waals surface area contributed by atoms with Gasteiger partial charge in [-0.25, -0.2) is 0 Å². The molecule has 288 valence electrons. The highest BCUT2D eigenvalue weighted by Crippen LogP contribution is 2.69. The molecule has 0 spiro atoms. The molecular formula is C44H70N2O4Si2. The summed E-state index contributed by atoms with van der Waals surface area (Å²) in [5.74, 6) is 1.83. The first-order valence-corrected chi connectivity index (χ1v) is 27.4. The Labute approximate surface area is 318 Å². The van der Waals surface area contributed by atoms with Crippen LogP contribution in [0.15, 0.2) is 42.0 Å². The Hall–Kier alpha value is -1.75. The second-order valence-corrected chi connectivity index (χ2v) is 30.0. The Kier molecular flexibility index (Phi) is 9.98.